The van der Waals surface area contributed by atoms with Crippen molar-refractivity contribution in [2.24, 2.45) is 5.92 Å². The van der Waals surface area contributed by atoms with E-state index in [-0.39, 0.29) is 23.7 Å². The molecule has 0 atom stereocenters. The molecule has 1 aromatic heterocycles. The summed E-state index contributed by atoms with van der Waals surface area (Å²) in [5.74, 6) is 2.35. The Morgan fingerprint density at radius 1 is 1.02 bits per heavy atom. The molecule has 1 aromatic carbocycles. The van der Waals surface area contributed by atoms with Crippen molar-refractivity contribution < 1.29 is 27.6 Å². The number of alkyl halides is 3. The van der Waals surface area contributed by atoms with Gasteiger partial charge in [0.25, 0.3) is 5.69 Å². The minimum atomic E-state index is -4.81. The first kappa shape index (κ1) is 28.9. The van der Waals surface area contributed by atoms with Crippen LogP contribution in [0.3, 0.4) is 0 Å². The van der Waals surface area contributed by atoms with Gasteiger partial charge in [0.05, 0.1) is 11.0 Å². The van der Waals surface area contributed by atoms with E-state index in [1.54, 1.807) is 6.20 Å². The monoisotopic (exact) mass is 575 g/mol. The molecule has 2 heterocycles. The number of carbonyl (C=O) groups is 1. The predicted molar refractivity (Wildman–Crippen MR) is 148 cm³/mol. The number of nitro benzene ring substituents is 1. The van der Waals surface area contributed by atoms with E-state index in [9.17, 15) is 28.1 Å². The highest BCUT2D eigenvalue weighted by Crippen LogP contribution is 2.38. The number of halogens is 3. The highest BCUT2D eigenvalue weighted by Gasteiger charge is 2.38. The van der Waals surface area contributed by atoms with Gasteiger partial charge in [0.15, 0.2) is 0 Å². The molecule has 0 radical (unpaired) electrons. The van der Waals surface area contributed by atoms with Gasteiger partial charge >= 0.3 is 6.18 Å². The zero-order valence-electron chi connectivity index (χ0n) is 22.9. The van der Waals surface area contributed by atoms with Gasteiger partial charge in [0.2, 0.25) is 5.91 Å². The fourth-order valence-electron chi connectivity index (χ4n) is 6.19. The minimum absolute atomic E-state index is 0.0315. The molecule has 12 heteroatoms. The number of hydrogen-bond acceptors (Lipinski definition) is 7. The molecule has 0 spiro atoms. The smallest absolute Gasteiger partial charge is 0.423 e. The SMILES string of the molecule is O=C(CC1CCCC1)N1CCN(c2cc(O[C@H]3CC[C@H](Nc4ccc([N+](=O)[O-])c(C(F)(F)F)c4)CC3)ccn2)CC1. The van der Waals surface area contributed by atoms with Crippen molar-refractivity contribution in [3.8, 4) is 5.75 Å². The van der Waals surface area contributed by atoms with E-state index in [0.717, 1.165) is 49.6 Å². The van der Waals surface area contributed by atoms with Crippen molar-refractivity contribution in [1.29, 1.82) is 0 Å². The summed E-state index contributed by atoms with van der Waals surface area (Å²) in [6, 6.07) is 6.72. The second-order valence-corrected chi connectivity index (χ2v) is 11.3. The first-order valence-corrected chi connectivity index (χ1v) is 14.4. The number of nitrogens with zero attached hydrogens (tertiary/aromatic N) is 4. The largest absolute Gasteiger partial charge is 0.490 e. The second kappa shape index (κ2) is 12.5. The Kier molecular flexibility index (Phi) is 8.84. The van der Waals surface area contributed by atoms with Gasteiger partial charge in [-0.15, -0.1) is 0 Å². The van der Waals surface area contributed by atoms with E-state index in [1.807, 2.05) is 17.0 Å². The molecule has 2 aliphatic carbocycles. The van der Waals surface area contributed by atoms with Crippen molar-refractivity contribution in [2.45, 2.75) is 76.1 Å². The van der Waals surface area contributed by atoms with Crippen LogP contribution in [0.25, 0.3) is 0 Å². The first-order valence-electron chi connectivity index (χ1n) is 14.4. The van der Waals surface area contributed by atoms with E-state index in [4.69, 9.17) is 4.74 Å². The lowest BCUT2D eigenvalue weighted by Gasteiger charge is -2.36. The van der Waals surface area contributed by atoms with E-state index in [1.165, 1.54) is 31.7 Å². The van der Waals surface area contributed by atoms with Crippen LogP contribution in [0.1, 0.15) is 63.4 Å². The Bertz CT molecular complexity index is 1220. The van der Waals surface area contributed by atoms with Crippen LogP contribution in [0.15, 0.2) is 36.5 Å². The number of aromatic nitrogens is 1. The number of benzene rings is 1. The highest BCUT2D eigenvalue weighted by atomic mass is 19.4. The number of pyridine rings is 1. The maximum atomic E-state index is 13.3. The van der Waals surface area contributed by atoms with E-state index in [0.29, 0.717) is 38.3 Å². The Morgan fingerprint density at radius 2 is 1.73 bits per heavy atom. The molecule has 9 nitrogen and oxygen atoms in total. The summed E-state index contributed by atoms with van der Waals surface area (Å²) >= 11 is 0. The summed E-state index contributed by atoms with van der Waals surface area (Å²) in [6.45, 7) is 2.83. The summed E-state index contributed by atoms with van der Waals surface area (Å²) in [4.78, 5) is 31.3. The zero-order chi connectivity index (χ0) is 29.0. The second-order valence-electron chi connectivity index (χ2n) is 11.3. The third kappa shape index (κ3) is 7.39. The normalized spacial score (nSPS) is 22.0. The molecule has 0 bridgehead atoms. The summed E-state index contributed by atoms with van der Waals surface area (Å²) in [5.41, 5.74) is -1.99. The maximum absolute atomic E-state index is 13.3. The van der Waals surface area contributed by atoms with Gasteiger partial charge in [-0.2, -0.15) is 13.2 Å². The maximum Gasteiger partial charge on any atom is 0.423 e. The van der Waals surface area contributed by atoms with Crippen molar-refractivity contribution in [2.75, 3.05) is 36.4 Å². The number of hydrogen-bond donors (Lipinski definition) is 1. The van der Waals surface area contributed by atoms with Crippen LogP contribution in [-0.2, 0) is 11.0 Å². The van der Waals surface area contributed by atoms with Crippen molar-refractivity contribution >= 4 is 23.1 Å². The number of amides is 1. The van der Waals surface area contributed by atoms with Gasteiger partial charge in [-0.25, -0.2) is 4.98 Å². The van der Waals surface area contributed by atoms with E-state index in [2.05, 4.69) is 15.2 Å². The molecular formula is C29H36F3N5O4. The Hall–Kier alpha value is -3.57. The topological polar surface area (TPSA) is 101 Å². The van der Waals surface area contributed by atoms with Crippen LogP contribution in [0.2, 0.25) is 0 Å². The fraction of sp³-hybridized carbons (Fsp3) is 0.586. The molecule has 3 fully saturated rings. The van der Waals surface area contributed by atoms with Gasteiger partial charge < -0.3 is 19.9 Å². The number of anilines is 2. The molecule has 222 valence electrons. The standard InChI is InChI=1S/C29H36F3N5O4/c30-29(31,32)25-18-22(7-10-26(25)37(39)40)34-21-5-8-23(9-6-21)41-24-11-12-33-27(19-24)35-13-15-36(16-14-35)28(38)17-20-3-1-2-4-20/h7,10-12,18-21,23,34H,1-6,8-9,13-17H2/t21-,23-. The van der Waals surface area contributed by atoms with Crippen LogP contribution >= 0.6 is 0 Å². The van der Waals surface area contributed by atoms with Crippen LogP contribution in [0, 0.1) is 16.0 Å². The third-order valence-corrected chi connectivity index (χ3v) is 8.46. The van der Waals surface area contributed by atoms with Gasteiger partial charge in [-0.05, 0) is 62.6 Å². The number of ether oxygens (including phenoxy) is 1. The fourth-order valence-corrected chi connectivity index (χ4v) is 6.19. The van der Waals surface area contributed by atoms with Crippen molar-refractivity contribution in [3.63, 3.8) is 0 Å². The average molecular weight is 576 g/mol. The summed E-state index contributed by atoms with van der Waals surface area (Å²) < 4.78 is 46.2. The summed E-state index contributed by atoms with van der Waals surface area (Å²) in [7, 11) is 0. The molecular weight excluding hydrogens is 539 g/mol. The quantitative estimate of drug-likeness (QED) is 0.303. The zero-order valence-corrected chi connectivity index (χ0v) is 22.9. The Labute approximate surface area is 237 Å². The number of nitrogens with one attached hydrogen (secondary N) is 1. The lowest BCUT2D eigenvalue weighted by Crippen LogP contribution is -2.49. The molecule has 2 saturated carbocycles. The van der Waals surface area contributed by atoms with Crippen LogP contribution in [-0.4, -0.2) is 59.0 Å². The lowest BCUT2D eigenvalue weighted by molar-refractivity contribution is -0.388. The molecule has 41 heavy (non-hydrogen) atoms. The number of nitro groups is 1. The average Bonchev–Trinajstić information content (AvgIpc) is 3.47. The molecule has 2 aromatic rings. The van der Waals surface area contributed by atoms with Crippen molar-refractivity contribution in [3.05, 3.63) is 52.2 Å². The molecule has 0 unspecified atom stereocenters. The lowest BCUT2D eigenvalue weighted by atomic mass is 9.92. The number of carbonyl (C=O) groups excluding carboxylic acids is 1. The first-order chi connectivity index (χ1) is 19.7. The molecule has 1 aliphatic heterocycles. The highest BCUT2D eigenvalue weighted by molar-refractivity contribution is 5.76. The van der Waals surface area contributed by atoms with Crippen molar-refractivity contribution in [1.82, 2.24) is 9.88 Å². The molecule has 5 rings (SSSR count). The summed E-state index contributed by atoms with van der Waals surface area (Å²) in [6.07, 6.45) is 5.19. The summed E-state index contributed by atoms with van der Waals surface area (Å²) in [5, 5.41) is 14.1. The molecule has 3 aliphatic rings. The number of rotatable bonds is 8. The minimum Gasteiger partial charge on any atom is -0.490 e. The van der Waals surface area contributed by atoms with Gasteiger partial charge in [-0.1, -0.05) is 12.8 Å². The van der Waals surface area contributed by atoms with Gasteiger partial charge in [-0.3, -0.25) is 14.9 Å². The molecule has 1 saturated heterocycles. The Morgan fingerprint density at radius 3 is 2.39 bits per heavy atom. The van der Waals surface area contributed by atoms with Gasteiger partial charge in [0.1, 0.15) is 17.1 Å². The molecule has 1 N–H and O–H groups in total. The molecule has 1 amide bonds. The predicted octanol–water partition coefficient (Wildman–Crippen LogP) is 6.04. The van der Waals surface area contributed by atoms with E-state index < -0.39 is 22.4 Å². The van der Waals surface area contributed by atoms with Gasteiger partial charge in [0, 0.05) is 62.7 Å². The van der Waals surface area contributed by atoms with Crippen LogP contribution < -0.4 is 15.0 Å². The Balaban J connectivity index is 1.09. The number of piperazine rings is 1. The van der Waals surface area contributed by atoms with E-state index >= 15 is 0 Å². The van der Waals surface area contributed by atoms with Crippen LogP contribution in [0.4, 0.5) is 30.4 Å². The third-order valence-electron chi connectivity index (χ3n) is 8.46. The van der Waals surface area contributed by atoms with Crippen LogP contribution in [0.5, 0.6) is 5.75 Å².